The van der Waals surface area contributed by atoms with Gasteiger partial charge in [-0.25, -0.2) is 0 Å². The molecule has 0 unspecified atom stereocenters. The molecule has 0 atom stereocenters. The summed E-state index contributed by atoms with van der Waals surface area (Å²) >= 11 is 0. The van der Waals surface area contributed by atoms with E-state index in [0.29, 0.717) is 6.42 Å². The highest BCUT2D eigenvalue weighted by molar-refractivity contribution is 5.77. The number of carbonyl (C=O) groups excluding carboxylic acids is 1. The Labute approximate surface area is 87.5 Å². The van der Waals surface area contributed by atoms with Crippen molar-refractivity contribution in [3.05, 3.63) is 42.2 Å². The molecule has 0 bridgehead atoms. The van der Waals surface area contributed by atoms with Crippen molar-refractivity contribution in [3.63, 3.8) is 0 Å². The van der Waals surface area contributed by atoms with Gasteiger partial charge in [0.2, 0.25) is 0 Å². The highest BCUT2D eigenvalue weighted by atomic mass is 16.1. The van der Waals surface area contributed by atoms with Crippen LogP contribution in [-0.4, -0.2) is 16.3 Å². The Morgan fingerprint density at radius 2 is 1.93 bits per heavy atom. The SMILES string of the molecule is O=CCC=Cc1ccc2nccnc2c1. The van der Waals surface area contributed by atoms with Crippen LogP contribution in [0.1, 0.15) is 12.0 Å². The smallest absolute Gasteiger partial charge is 0.123 e. The molecule has 0 N–H and O–H groups in total. The van der Waals surface area contributed by atoms with Gasteiger partial charge in [-0.3, -0.25) is 9.97 Å². The largest absolute Gasteiger partial charge is 0.303 e. The number of aldehydes is 1. The summed E-state index contributed by atoms with van der Waals surface area (Å²) in [4.78, 5) is 18.5. The lowest BCUT2D eigenvalue weighted by Gasteiger charge is -1.96. The number of allylic oxidation sites excluding steroid dienone is 1. The van der Waals surface area contributed by atoms with Crippen LogP contribution in [0, 0.1) is 0 Å². The molecule has 1 heterocycles. The lowest BCUT2D eigenvalue weighted by atomic mass is 10.1. The molecule has 0 aliphatic heterocycles. The summed E-state index contributed by atoms with van der Waals surface area (Å²) in [6.45, 7) is 0. The Morgan fingerprint density at radius 1 is 1.13 bits per heavy atom. The molecule has 0 spiro atoms. The van der Waals surface area contributed by atoms with Gasteiger partial charge in [0, 0.05) is 18.8 Å². The number of hydrogen-bond acceptors (Lipinski definition) is 3. The topological polar surface area (TPSA) is 42.9 Å². The Balaban J connectivity index is 2.34. The Hall–Kier alpha value is -2.03. The van der Waals surface area contributed by atoms with E-state index in [1.165, 1.54) is 0 Å². The van der Waals surface area contributed by atoms with E-state index >= 15 is 0 Å². The quantitative estimate of drug-likeness (QED) is 0.710. The summed E-state index contributed by atoms with van der Waals surface area (Å²) in [5.41, 5.74) is 2.78. The third-order valence-electron chi connectivity index (χ3n) is 2.04. The number of hydrogen-bond donors (Lipinski definition) is 0. The van der Waals surface area contributed by atoms with Gasteiger partial charge in [-0.2, -0.15) is 0 Å². The summed E-state index contributed by atoms with van der Waals surface area (Å²) in [6.07, 6.45) is 8.38. The lowest BCUT2D eigenvalue weighted by Crippen LogP contribution is -1.82. The number of fused-ring (bicyclic) bond motifs is 1. The van der Waals surface area contributed by atoms with Crippen LogP contribution in [0.25, 0.3) is 17.1 Å². The molecule has 0 saturated carbocycles. The third-order valence-corrected chi connectivity index (χ3v) is 2.04. The normalized spacial score (nSPS) is 10.9. The van der Waals surface area contributed by atoms with E-state index in [4.69, 9.17) is 0 Å². The molecule has 2 aromatic rings. The van der Waals surface area contributed by atoms with Crippen LogP contribution in [0.15, 0.2) is 36.7 Å². The van der Waals surface area contributed by atoms with Crippen molar-refractivity contribution >= 4 is 23.4 Å². The second-order valence-corrected chi connectivity index (χ2v) is 3.11. The number of aromatic nitrogens is 2. The first kappa shape index (κ1) is 9.52. The van der Waals surface area contributed by atoms with Gasteiger partial charge < -0.3 is 4.79 Å². The first-order chi connectivity index (χ1) is 7.40. The van der Waals surface area contributed by atoms with Crippen molar-refractivity contribution in [2.75, 3.05) is 0 Å². The van der Waals surface area contributed by atoms with Crippen LogP contribution < -0.4 is 0 Å². The van der Waals surface area contributed by atoms with E-state index in [-0.39, 0.29) is 0 Å². The maximum Gasteiger partial charge on any atom is 0.123 e. The molecule has 1 aromatic heterocycles. The number of benzene rings is 1. The van der Waals surface area contributed by atoms with Crippen molar-refractivity contribution in [2.24, 2.45) is 0 Å². The van der Waals surface area contributed by atoms with E-state index in [2.05, 4.69) is 9.97 Å². The predicted molar refractivity (Wildman–Crippen MR) is 59.3 cm³/mol. The maximum absolute atomic E-state index is 10.1. The summed E-state index contributed by atoms with van der Waals surface area (Å²) in [5.74, 6) is 0. The zero-order chi connectivity index (χ0) is 10.5. The fraction of sp³-hybridized carbons (Fsp3) is 0.0833. The highest BCUT2D eigenvalue weighted by Crippen LogP contribution is 2.11. The van der Waals surface area contributed by atoms with Gasteiger partial charge in [0.1, 0.15) is 6.29 Å². The van der Waals surface area contributed by atoms with Crippen molar-refractivity contribution in [3.8, 4) is 0 Å². The van der Waals surface area contributed by atoms with Crippen molar-refractivity contribution < 1.29 is 4.79 Å². The molecule has 0 fully saturated rings. The lowest BCUT2D eigenvalue weighted by molar-refractivity contribution is -0.107. The molecular formula is C12H10N2O. The van der Waals surface area contributed by atoms with Gasteiger partial charge in [-0.15, -0.1) is 0 Å². The molecule has 74 valence electrons. The average Bonchev–Trinajstić information content (AvgIpc) is 2.29. The molecule has 0 saturated heterocycles. The van der Waals surface area contributed by atoms with Gasteiger partial charge >= 0.3 is 0 Å². The van der Waals surface area contributed by atoms with Gasteiger partial charge in [-0.1, -0.05) is 18.2 Å². The third kappa shape index (κ3) is 2.26. The zero-order valence-corrected chi connectivity index (χ0v) is 8.13. The Morgan fingerprint density at radius 3 is 2.73 bits per heavy atom. The predicted octanol–water partition coefficient (Wildman–Crippen LogP) is 2.23. The second-order valence-electron chi connectivity index (χ2n) is 3.11. The summed E-state index contributed by atoms with van der Waals surface area (Å²) in [6, 6.07) is 5.82. The van der Waals surface area contributed by atoms with Crippen LogP contribution in [0.2, 0.25) is 0 Å². The number of nitrogens with zero attached hydrogens (tertiary/aromatic N) is 2. The van der Waals surface area contributed by atoms with Crippen LogP contribution >= 0.6 is 0 Å². The van der Waals surface area contributed by atoms with E-state index in [9.17, 15) is 4.79 Å². The summed E-state index contributed by atoms with van der Waals surface area (Å²) < 4.78 is 0. The van der Waals surface area contributed by atoms with Gasteiger partial charge in [0.15, 0.2) is 0 Å². The molecule has 0 amide bonds. The minimum atomic E-state index is 0.443. The molecule has 15 heavy (non-hydrogen) atoms. The summed E-state index contributed by atoms with van der Waals surface area (Å²) in [5, 5.41) is 0. The Kier molecular flexibility index (Phi) is 2.83. The van der Waals surface area contributed by atoms with E-state index in [1.54, 1.807) is 12.4 Å². The maximum atomic E-state index is 10.1. The van der Waals surface area contributed by atoms with Crippen molar-refractivity contribution in [1.82, 2.24) is 9.97 Å². The average molecular weight is 198 g/mol. The standard InChI is InChI=1S/C12H10N2O/c15-8-2-1-3-10-4-5-11-12(9-10)14-7-6-13-11/h1,3-9H,2H2. The van der Waals surface area contributed by atoms with Crippen molar-refractivity contribution in [1.29, 1.82) is 0 Å². The molecule has 3 nitrogen and oxygen atoms in total. The van der Waals surface area contributed by atoms with Gasteiger partial charge in [-0.05, 0) is 17.7 Å². The molecule has 3 heteroatoms. The molecule has 0 aliphatic carbocycles. The molecule has 0 radical (unpaired) electrons. The van der Waals surface area contributed by atoms with Gasteiger partial charge in [0.05, 0.1) is 11.0 Å². The molecule has 0 aliphatic rings. The minimum absolute atomic E-state index is 0.443. The summed E-state index contributed by atoms with van der Waals surface area (Å²) in [7, 11) is 0. The van der Waals surface area contributed by atoms with Crippen LogP contribution in [0.3, 0.4) is 0 Å². The van der Waals surface area contributed by atoms with E-state index in [1.807, 2.05) is 30.4 Å². The van der Waals surface area contributed by atoms with Crippen LogP contribution in [0.5, 0.6) is 0 Å². The monoisotopic (exact) mass is 198 g/mol. The fourth-order valence-corrected chi connectivity index (χ4v) is 1.34. The van der Waals surface area contributed by atoms with Gasteiger partial charge in [0.25, 0.3) is 0 Å². The molecular weight excluding hydrogens is 188 g/mol. The second kappa shape index (κ2) is 4.46. The van der Waals surface area contributed by atoms with Crippen molar-refractivity contribution in [2.45, 2.75) is 6.42 Å². The van der Waals surface area contributed by atoms with E-state index < -0.39 is 0 Å². The van der Waals surface area contributed by atoms with Crippen LogP contribution in [0.4, 0.5) is 0 Å². The molecule has 2 rings (SSSR count). The number of carbonyl (C=O) groups is 1. The number of rotatable bonds is 3. The van der Waals surface area contributed by atoms with Crippen LogP contribution in [-0.2, 0) is 4.79 Å². The fourth-order valence-electron chi connectivity index (χ4n) is 1.34. The highest BCUT2D eigenvalue weighted by Gasteiger charge is 1.94. The first-order valence-corrected chi connectivity index (χ1v) is 4.71. The first-order valence-electron chi connectivity index (χ1n) is 4.71. The van der Waals surface area contributed by atoms with E-state index in [0.717, 1.165) is 22.9 Å². The molecule has 1 aromatic carbocycles. The Bertz CT molecular complexity index is 506. The zero-order valence-electron chi connectivity index (χ0n) is 8.13. The minimum Gasteiger partial charge on any atom is -0.303 e.